The SMILES string of the molecule is C=CC(=O)NCC(=O)N[C@@H](CC(C)C)C(=O)Nc1ccco1. The van der Waals surface area contributed by atoms with Crippen molar-refractivity contribution in [1.29, 1.82) is 0 Å². The van der Waals surface area contributed by atoms with E-state index < -0.39 is 17.9 Å². The van der Waals surface area contributed by atoms with Crippen molar-refractivity contribution in [2.24, 2.45) is 5.92 Å². The van der Waals surface area contributed by atoms with Gasteiger partial charge in [0.05, 0.1) is 12.8 Å². The van der Waals surface area contributed by atoms with Crippen molar-refractivity contribution in [3.8, 4) is 0 Å². The molecule has 0 spiro atoms. The van der Waals surface area contributed by atoms with E-state index in [0.29, 0.717) is 12.3 Å². The van der Waals surface area contributed by atoms with Crippen molar-refractivity contribution >= 4 is 23.6 Å². The van der Waals surface area contributed by atoms with Gasteiger partial charge in [0.2, 0.25) is 17.7 Å². The molecular weight excluding hydrogens is 286 g/mol. The summed E-state index contributed by atoms with van der Waals surface area (Å²) in [7, 11) is 0. The zero-order valence-corrected chi connectivity index (χ0v) is 12.7. The topological polar surface area (TPSA) is 100 Å². The van der Waals surface area contributed by atoms with Gasteiger partial charge in [0.15, 0.2) is 5.88 Å². The van der Waals surface area contributed by atoms with Gasteiger partial charge in [-0.05, 0) is 24.5 Å². The largest absolute Gasteiger partial charge is 0.449 e. The fourth-order valence-electron chi connectivity index (χ4n) is 1.75. The standard InChI is InChI=1S/C15H21N3O4/c1-4-12(19)16-9-13(20)17-11(8-10(2)3)15(21)18-14-6-5-7-22-14/h4-7,10-11H,1,8-9H2,2-3H3,(H,16,19)(H,17,20)(H,18,21)/t11-/m0/s1. The second-order valence-corrected chi connectivity index (χ2v) is 5.14. The van der Waals surface area contributed by atoms with Crippen LogP contribution in [0.1, 0.15) is 20.3 Å². The summed E-state index contributed by atoms with van der Waals surface area (Å²) in [6, 6.07) is 2.55. The van der Waals surface area contributed by atoms with Crippen LogP contribution in [0.2, 0.25) is 0 Å². The zero-order chi connectivity index (χ0) is 16.5. The molecule has 1 rings (SSSR count). The Hall–Kier alpha value is -2.57. The Morgan fingerprint density at radius 3 is 2.64 bits per heavy atom. The maximum Gasteiger partial charge on any atom is 0.249 e. The van der Waals surface area contributed by atoms with E-state index >= 15 is 0 Å². The highest BCUT2D eigenvalue weighted by Gasteiger charge is 2.22. The molecule has 0 bridgehead atoms. The number of anilines is 1. The molecule has 7 nitrogen and oxygen atoms in total. The van der Waals surface area contributed by atoms with Crippen LogP contribution < -0.4 is 16.0 Å². The summed E-state index contributed by atoms with van der Waals surface area (Å²) in [5, 5.41) is 7.54. The second kappa shape index (κ2) is 8.66. The lowest BCUT2D eigenvalue weighted by atomic mass is 10.0. The van der Waals surface area contributed by atoms with E-state index in [1.54, 1.807) is 12.1 Å². The molecule has 0 aliphatic rings. The van der Waals surface area contributed by atoms with Gasteiger partial charge in [-0.25, -0.2) is 0 Å². The second-order valence-electron chi connectivity index (χ2n) is 5.14. The molecule has 0 unspecified atom stereocenters. The third-order valence-corrected chi connectivity index (χ3v) is 2.73. The molecule has 0 saturated heterocycles. The third kappa shape index (κ3) is 6.25. The minimum absolute atomic E-state index is 0.204. The van der Waals surface area contributed by atoms with E-state index in [1.807, 2.05) is 13.8 Å². The van der Waals surface area contributed by atoms with Crippen LogP contribution in [0, 0.1) is 5.92 Å². The van der Waals surface area contributed by atoms with Gasteiger partial charge >= 0.3 is 0 Å². The highest BCUT2D eigenvalue weighted by atomic mass is 16.3. The average Bonchev–Trinajstić information content (AvgIpc) is 2.96. The predicted octanol–water partition coefficient (Wildman–Crippen LogP) is 1.05. The number of rotatable bonds is 8. The van der Waals surface area contributed by atoms with E-state index in [0.717, 1.165) is 6.08 Å². The van der Waals surface area contributed by atoms with Crippen molar-refractivity contribution in [3.63, 3.8) is 0 Å². The molecule has 1 aromatic rings. The number of carbonyl (C=O) groups excluding carboxylic acids is 3. The zero-order valence-electron chi connectivity index (χ0n) is 12.7. The minimum atomic E-state index is -0.710. The van der Waals surface area contributed by atoms with E-state index in [9.17, 15) is 14.4 Å². The van der Waals surface area contributed by atoms with E-state index in [-0.39, 0.29) is 18.4 Å². The Kier molecular flexibility index (Phi) is 6.88. The monoisotopic (exact) mass is 307 g/mol. The molecule has 0 aliphatic carbocycles. The van der Waals surface area contributed by atoms with Crippen LogP contribution in [0.3, 0.4) is 0 Å². The van der Waals surface area contributed by atoms with Gasteiger partial charge in [-0.1, -0.05) is 20.4 Å². The lowest BCUT2D eigenvalue weighted by Gasteiger charge is -2.19. The molecule has 7 heteroatoms. The van der Waals surface area contributed by atoms with Gasteiger partial charge in [-0.15, -0.1) is 0 Å². The molecular formula is C15H21N3O4. The van der Waals surface area contributed by atoms with Gasteiger partial charge in [0.1, 0.15) is 6.04 Å². The molecule has 0 aromatic carbocycles. The van der Waals surface area contributed by atoms with Gasteiger partial charge in [-0.2, -0.15) is 0 Å². The van der Waals surface area contributed by atoms with Crippen molar-refractivity contribution in [2.45, 2.75) is 26.3 Å². The lowest BCUT2D eigenvalue weighted by molar-refractivity contribution is -0.127. The molecule has 3 amide bonds. The summed E-state index contributed by atoms with van der Waals surface area (Å²) < 4.78 is 5.05. The fraction of sp³-hybridized carbons (Fsp3) is 0.400. The van der Waals surface area contributed by atoms with Crippen molar-refractivity contribution < 1.29 is 18.8 Å². The minimum Gasteiger partial charge on any atom is -0.449 e. The van der Waals surface area contributed by atoms with Crippen LogP contribution in [0.5, 0.6) is 0 Å². The molecule has 3 N–H and O–H groups in total. The Balaban J connectivity index is 2.59. The Labute approximate surface area is 129 Å². The summed E-state index contributed by atoms with van der Waals surface area (Å²) in [6.07, 6.45) is 2.98. The molecule has 1 heterocycles. The first-order chi connectivity index (χ1) is 10.4. The van der Waals surface area contributed by atoms with Gasteiger partial charge < -0.3 is 15.1 Å². The number of furan rings is 1. The molecule has 22 heavy (non-hydrogen) atoms. The van der Waals surface area contributed by atoms with Crippen molar-refractivity contribution in [3.05, 3.63) is 31.1 Å². The summed E-state index contributed by atoms with van der Waals surface area (Å²) in [5.41, 5.74) is 0. The van der Waals surface area contributed by atoms with Gasteiger partial charge in [-0.3, -0.25) is 19.7 Å². The maximum absolute atomic E-state index is 12.2. The number of carbonyl (C=O) groups is 3. The molecule has 120 valence electrons. The average molecular weight is 307 g/mol. The normalized spacial score (nSPS) is 11.6. The van der Waals surface area contributed by atoms with Crippen molar-refractivity contribution in [2.75, 3.05) is 11.9 Å². The molecule has 0 radical (unpaired) electrons. The van der Waals surface area contributed by atoms with E-state index in [1.165, 1.54) is 6.26 Å². The quantitative estimate of drug-likeness (QED) is 0.625. The Bertz CT molecular complexity index is 523. The molecule has 1 aromatic heterocycles. The number of amides is 3. The number of hydrogen-bond donors (Lipinski definition) is 3. The predicted molar refractivity (Wildman–Crippen MR) is 81.9 cm³/mol. The van der Waals surface area contributed by atoms with E-state index in [4.69, 9.17) is 4.42 Å². The molecule has 0 aliphatic heterocycles. The molecule has 1 atom stereocenters. The third-order valence-electron chi connectivity index (χ3n) is 2.73. The first-order valence-corrected chi connectivity index (χ1v) is 6.96. The lowest BCUT2D eigenvalue weighted by Crippen LogP contribution is -2.47. The van der Waals surface area contributed by atoms with Crippen LogP contribution in [-0.4, -0.2) is 30.3 Å². The Morgan fingerprint density at radius 2 is 2.09 bits per heavy atom. The van der Waals surface area contributed by atoms with Gasteiger partial charge in [0, 0.05) is 6.07 Å². The fourth-order valence-corrected chi connectivity index (χ4v) is 1.75. The van der Waals surface area contributed by atoms with Crippen LogP contribution in [0.4, 0.5) is 5.88 Å². The highest BCUT2D eigenvalue weighted by molar-refractivity contribution is 5.97. The van der Waals surface area contributed by atoms with Crippen LogP contribution in [-0.2, 0) is 14.4 Å². The highest BCUT2D eigenvalue weighted by Crippen LogP contribution is 2.10. The van der Waals surface area contributed by atoms with Crippen LogP contribution in [0.25, 0.3) is 0 Å². The van der Waals surface area contributed by atoms with Crippen LogP contribution >= 0.6 is 0 Å². The molecule has 0 fully saturated rings. The smallest absolute Gasteiger partial charge is 0.249 e. The maximum atomic E-state index is 12.2. The van der Waals surface area contributed by atoms with Crippen LogP contribution in [0.15, 0.2) is 35.5 Å². The van der Waals surface area contributed by atoms with Crippen molar-refractivity contribution in [1.82, 2.24) is 10.6 Å². The first-order valence-electron chi connectivity index (χ1n) is 6.96. The number of hydrogen-bond acceptors (Lipinski definition) is 4. The number of nitrogens with one attached hydrogen (secondary N) is 3. The molecule has 0 saturated carbocycles. The first kappa shape index (κ1) is 17.5. The summed E-state index contributed by atoms with van der Waals surface area (Å²) in [5.74, 6) is -0.749. The van der Waals surface area contributed by atoms with Gasteiger partial charge in [0.25, 0.3) is 0 Å². The summed E-state index contributed by atoms with van der Waals surface area (Å²) >= 11 is 0. The summed E-state index contributed by atoms with van der Waals surface area (Å²) in [6.45, 7) is 6.96. The van der Waals surface area contributed by atoms with E-state index in [2.05, 4.69) is 22.5 Å². The Morgan fingerprint density at radius 1 is 1.36 bits per heavy atom. The summed E-state index contributed by atoms with van der Waals surface area (Å²) in [4.78, 5) is 35.0.